The summed E-state index contributed by atoms with van der Waals surface area (Å²) >= 11 is 0. The smallest absolute Gasteiger partial charge is 0.191 e. The lowest BCUT2D eigenvalue weighted by atomic mass is 9.96. The first-order valence-corrected chi connectivity index (χ1v) is 9.25. The molecule has 5 nitrogen and oxygen atoms in total. The molecule has 2 saturated heterocycles. The molecule has 2 heterocycles. The second-order valence-electron chi connectivity index (χ2n) is 6.95. The molecule has 2 aliphatic heterocycles. The van der Waals surface area contributed by atoms with Crippen LogP contribution in [0.4, 0.5) is 0 Å². The van der Waals surface area contributed by atoms with Gasteiger partial charge in [-0.1, -0.05) is 19.3 Å². The first-order chi connectivity index (χ1) is 10.8. The fourth-order valence-electron chi connectivity index (χ4n) is 3.95. The predicted octanol–water partition coefficient (Wildman–Crippen LogP) is 2.36. The number of aliphatic imine (C=N–C) groups is 1. The molecule has 2 atom stereocenters. The average molecular weight is 436 g/mol. The zero-order valence-corrected chi connectivity index (χ0v) is 16.8. The number of ether oxygens (including phenoxy) is 1. The van der Waals surface area contributed by atoms with Crippen LogP contribution in [0.1, 0.15) is 51.9 Å². The van der Waals surface area contributed by atoms with Gasteiger partial charge in [-0.05, 0) is 39.2 Å². The van der Waals surface area contributed by atoms with Crippen molar-refractivity contribution in [3.8, 4) is 0 Å². The predicted molar refractivity (Wildman–Crippen MR) is 106 cm³/mol. The summed E-state index contributed by atoms with van der Waals surface area (Å²) in [5.74, 6) is 0.974. The topological polar surface area (TPSA) is 48.9 Å². The zero-order chi connectivity index (χ0) is 15.2. The summed E-state index contributed by atoms with van der Waals surface area (Å²) in [6.45, 7) is 7.01. The normalized spacial score (nSPS) is 29.7. The summed E-state index contributed by atoms with van der Waals surface area (Å²) < 4.78 is 6.01. The molecule has 23 heavy (non-hydrogen) atoms. The number of hydrogen-bond donors (Lipinski definition) is 2. The first kappa shape index (κ1) is 19.2. The van der Waals surface area contributed by atoms with Gasteiger partial charge in [0.1, 0.15) is 0 Å². The minimum atomic E-state index is 0. The first-order valence-electron chi connectivity index (χ1n) is 9.25. The molecule has 0 aromatic heterocycles. The fraction of sp³-hybridized carbons (Fsp3) is 0.941. The Morgan fingerprint density at radius 3 is 2.78 bits per heavy atom. The van der Waals surface area contributed by atoms with Gasteiger partial charge in [0.15, 0.2) is 5.96 Å². The maximum atomic E-state index is 6.01. The van der Waals surface area contributed by atoms with Crippen LogP contribution in [0, 0.1) is 0 Å². The molecule has 3 aliphatic rings. The van der Waals surface area contributed by atoms with Gasteiger partial charge in [0.2, 0.25) is 0 Å². The van der Waals surface area contributed by atoms with Crippen molar-refractivity contribution in [2.24, 2.45) is 4.99 Å². The molecule has 0 amide bonds. The largest absolute Gasteiger partial charge is 0.373 e. The van der Waals surface area contributed by atoms with E-state index in [-0.39, 0.29) is 30.1 Å². The minimum Gasteiger partial charge on any atom is -0.373 e. The number of nitrogens with zero attached hydrogens (tertiary/aromatic N) is 2. The van der Waals surface area contributed by atoms with E-state index in [0.29, 0.717) is 12.1 Å². The van der Waals surface area contributed by atoms with Gasteiger partial charge in [0.05, 0.1) is 19.3 Å². The molecule has 0 bridgehead atoms. The maximum absolute atomic E-state index is 6.01. The third-order valence-electron chi connectivity index (χ3n) is 5.20. The highest BCUT2D eigenvalue weighted by atomic mass is 127. The third-order valence-corrected chi connectivity index (χ3v) is 5.20. The van der Waals surface area contributed by atoms with Gasteiger partial charge in [-0.15, -0.1) is 24.0 Å². The monoisotopic (exact) mass is 436 g/mol. The Balaban J connectivity index is 0.00000192. The Kier molecular flexibility index (Phi) is 8.40. The molecule has 134 valence electrons. The van der Waals surface area contributed by atoms with Crippen LogP contribution < -0.4 is 10.6 Å². The summed E-state index contributed by atoms with van der Waals surface area (Å²) in [5.41, 5.74) is 0. The number of nitrogens with one attached hydrogen (secondary N) is 2. The fourth-order valence-corrected chi connectivity index (χ4v) is 3.95. The van der Waals surface area contributed by atoms with Crippen molar-refractivity contribution in [1.82, 2.24) is 15.5 Å². The highest BCUT2D eigenvalue weighted by molar-refractivity contribution is 14.0. The second kappa shape index (κ2) is 10.0. The van der Waals surface area contributed by atoms with E-state index in [1.165, 1.54) is 51.5 Å². The van der Waals surface area contributed by atoms with E-state index in [1.807, 2.05) is 0 Å². The van der Waals surface area contributed by atoms with Crippen LogP contribution in [0.25, 0.3) is 0 Å². The van der Waals surface area contributed by atoms with Crippen molar-refractivity contribution in [1.29, 1.82) is 0 Å². The minimum absolute atomic E-state index is 0. The molecule has 1 saturated carbocycles. The lowest BCUT2D eigenvalue weighted by Crippen LogP contribution is -2.48. The number of fused-ring (bicyclic) bond motifs is 1. The van der Waals surface area contributed by atoms with Gasteiger partial charge < -0.3 is 15.4 Å². The molecule has 0 aromatic carbocycles. The lowest BCUT2D eigenvalue weighted by molar-refractivity contribution is -0.0432. The van der Waals surface area contributed by atoms with E-state index in [1.54, 1.807) is 0 Å². The molecule has 1 aliphatic carbocycles. The number of rotatable bonds is 4. The number of halogens is 1. The van der Waals surface area contributed by atoms with E-state index in [9.17, 15) is 0 Å². The summed E-state index contributed by atoms with van der Waals surface area (Å²) in [4.78, 5) is 7.38. The SMILES string of the molecule is CCNC(=NCC1CN2CCCC2CO1)NC1CCCCC1.I. The molecule has 2 unspecified atom stereocenters. The van der Waals surface area contributed by atoms with Crippen LogP contribution in [0.15, 0.2) is 4.99 Å². The molecule has 0 radical (unpaired) electrons. The van der Waals surface area contributed by atoms with Gasteiger partial charge >= 0.3 is 0 Å². The zero-order valence-electron chi connectivity index (χ0n) is 14.4. The van der Waals surface area contributed by atoms with Crippen LogP contribution in [-0.2, 0) is 4.74 Å². The van der Waals surface area contributed by atoms with Crippen molar-refractivity contribution in [3.05, 3.63) is 0 Å². The highest BCUT2D eigenvalue weighted by Crippen LogP contribution is 2.22. The number of guanidine groups is 1. The third kappa shape index (κ3) is 5.74. The highest BCUT2D eigenvalue weighted by Gasteiger charge is 2.32. The standard InChI is InChI=1S/C17H32N4O.HI/c1-2-18-17(20-14-7-4-3-5-8-14)19-11-16-12-21-10-6-9-15(21)13-22-16;/h14-16H,2-13H2,1H3,(H2,18,19,20);1H. The molecular weight excluding hydrogens is 403 g/mol. The summed E-state index contributed by atoms with van der Waals surface area (Å²) in [6.07, 6.45) is 9.53. The van der Waals surface area contributed by atoms with E-state index in [2.05, 4.69) is 22.5 Å². The molecular formula is C17H33IN4O. The molecule has 0 aromatic rings. The van der Waals surface area contributed by atoms with Crippen LogP contribution in [0.3, 0.4) is 0 Å². The molecule has 6 heteroatoms. The number of hydrogen-bond acceptors (Lipinski definition) is 3. The second-order valence-corrected chi connectivity index (χ2v) is 6.95. The van der Waals surface area contributed by atoms with Crippen molar-refractivity contribution >= 4 is 29.9 Å². The van der Waals surface area contributed by atoms with Gasteiger partial charge in [-0.25, -0.2) is 0 Å². The molecule has 0 spiro atoms. The average Bonchev–Trinajstić information content (AvgIpc) is 3.01. The van der Waals surface area contributed by atoms with Crippen LogP contribution in [0.5, 0.6) is 0 Å². The van der Waals surface area contributed by atoms with Crippen molar-refractivity contribution < 1.29 is 4.74 Å². The summed E-state index contributed by atoms with van der Waals surface area (Å²) in [5, 5.41) is 7.00. The Morgan fingerprint density at radius 1 is 1.17 bits per heavy atom. The van der Waals surface area contributed by atoms with Gasteiger partial charge in [0, 0.05) is 25.2 Å². The van der Waals surface area contributed by atoms with Gasteiger partial charge in [-0.2, -0.15) is 0 Å². The van der Waals surface area contributed by atoms with Crippen molar-refractivity contribution in [3.63, 3.8) is 0 Å². The van der Waals surface area contributed by atoms with Crippen LogP contribution >= 0.6 is 24.0 Å². The quantitative estimate of drug-likeness (QED) is 0.404. The van der Waals surface area contributed by atoms with E-state index in [4.69, 9.17) is 9.73 Å². The molecule has 3 fully saturated rings. The molecule has 2 N–H and O–H groups in total. The summed E-state index contributed by atoms with van der Waals surface area (Å²) in [6, 6.07) is 1.27. The maximum Gasteiger partial charge on any atom is 0.191 e. The van der Waals surface area contributed by atoms with Gasteiger partial charge in [-0.3, -0.25) is 9.89 Å². The van der Waals surface area contributed by atoms with Crippen LogP contribution in [-0.4, -0.2) is 61.8 Å². The number of morpholine rings is 1. The Labute approximate surface area is 158 Å². The van der Waals surface area contributed by atoms with Crippen molar-refractivity contribution in [2.75, 3.05) is 32.8 Å². The Hall–Kier alpha value is -0.0800. The Bertz CT molecular complexity index is 374. The van der Waals surface area contributed by atoms with Crippen LogP contribution in [0.2, 0.25) is 0 Å². The molecule has 3 rings (SSSR count). The summed E-state index contributed by atoms with van der Waals surface area (Å²) in [7, 11) is 0. The van der Waals surface area contributed by atoms with E-state index < -0.39 is 0 Å². The van der Waals surface area contributed by atoms with Crippen molar-refractivity contribution in [2.45, 2.75) is 70.1 Å². The van der Waals surface area contributed by atoms with Gasteiger partial charge in [0.25, 0.3) is 0 Å². The Morgan fingerprint density at radius 2 is 2.00 bits per heavy atom. The lowest BCUT2D eigenvalue weighted by Gasteiger charge is -2.34. The van der Waals surface area contributed by atoms with E-state index >= 15 is 0 Å². The van der Waals surface area contributed by atoms with E-state index in [0.717, 1.165) is 32.2 Å².